The SMILES string of the molecule is CCCN(C)CC(N)c1cc(C)cc(C)c1. The van der Waals surface area contributed by atoms with Crippen LogP contribution in [0.25, 0.3) is 0 Å². The summed E-state index contributed by atoms with van der Waals surface area (Å²) in [6.45, 7) is 8.48. The van der Waals surface area contributed by atoms with E-state index in [1.165, 1.54) is 23.1 Å². The van der Waals surface area contributed by atoms with Gasteiger partial charge in [0.2, 0.25) is 0 Å². The van der Waals surface area contributed by atoms with Crippen molar-refractivity contribution in [1.29, 1.82) is 0 Å². The lowest BCUT2D eigenvalue weighted by molar-refractivity contribution is 0.313. The summed E-state index contributed by atoms with van der Waals surface area (Å²) in [6, 6.07) is 6.69. The maximum absolute atomic E-state index is 6.22. The van der Waals surface area contributed by atoms with Crippen LogP contribution < -0.4 is 5.73 Å². The molecular formula is C14H24N2. The molecule has 2 nitrogen and oxygen atoms in total. The molecule has 2 N–H and O–H groups in total. The fraction of sp³-hybridized carbons (Fsp3) is 0.571. The Kier molecular flexibility index (Phi) is 4.97. The smallest absolute Gasteiger partial charge is 0.0424 e. The van der Waals surface area contributed by atoms with E-state index < -0.39 is 0 Å². The van der Waals surface area contributed by atoms with Gasteiger partial charge in [0.15, 0.2) is 0 Å². The number of rotatable bonds is 5. The van der Waals surface area contributed by atoms with Gasteiger partial charge in [0.05, 0.1) is 0 Å². The van der Waals surface area contributed by atoms with Gasteiger partial charge in [-0.3, -0.25) is 0 Å². The van der Waals surface area contributed by atoms with Crippen molar-refractivity contribution >= 4 is 0 Å². The molecule has 1 aromatic carbocycles. The molecule has 1 unspecified atom stereocenters. The third kappa shape index (κ3) is 3.95. The minimum absolute atomic E-state index is 0.121. The molecule has 0 amide bonds. The van der Waals surface area contributed by atoms with E-state index in [4.69, 9.17) is 5.73 Å². The summed E-state index contributed by atoms with van der Waals surface area (Å²) >= 11 is 0. The van der Waals surface area contributed by atoms with Crippen molar-refractivity contribution in [3.05, 3.63) is 34.9 Å². The first-order chi connectivity index (χ1) is 7.52. The highest BCUT2D eigenvalue weighted by Gasteiger charge is 2.09. The van der Waals surface area contributed by atoms with Crippen LogP contribution in [0.2, 0.25) is 0 Å². The van der Waals surface area contributed by atoms with Crippen LogP contribution in [0.5, 0.6) is 0 Å². The lowest BCUT2D eigenvalue weighted by Crippen LogP contribution is -2.29. The predicted molar refractivity (Wildman–Crippen MR) is 70.6 cm³/mol. The summed E-state index contributed by atoms with van der Waals surface area (Å²) in [5, 5.41) is 0. The minimum atomic E-state index is 0.121. The molecular weight excluding hydrogens is 196 g/mol. The van der Waals surface area contributed by atoms with Gasteiger partial charge in [-0.25, -0.2) is 0 Å². The predicted octanol–water partition coefficient (Wildman–Crippen LogP) is 2.65. The molecule has 0 aliphatic heterocycles. The zero-order valence-corrected chi connectivity index (χ0v) is 11.0. The Labute approximate surface area is 99.5 Å². The summed E-state index contributed by atoms with van der Waals surface area (Å²) in [4.78, 5) is 2.29. The van der Waals surface area contributed by atoms with Gasteiger partial charge in [0, 0.05) is 12.6 Å². The first-order valence-corrected chi connectivity index (χ1v) is 6.05. The molecule has 0 fully saturated rings. The van der Waals surface area contributed by atoms with E-state index in [0.29, 0.717) is 0 Å². The van der Waals surface area contributed by atoms with Crippen LogP contribution in [-0.2, 0) is 0 Å². The standard InChI is InChI=1S/C14H24N2/c1-5-6-16(4)10-14(15)13-8-11(2)7-12(3)9-13/h7-9,14H,5-6,10,15H2,1-4H3. The summed E-state index contributed by atoms with van der Waals surface area (Å²) < 4.78 is 0. The molecule has 90 valence electrons. The molecule has 0 radical (unpaired) electrons. The molecule has 2 heteroatoms. The Morgan fingerprint density at radius 3 is 2.25 bits per heavy atom. The van der Waals surface area contributed by atoms with Crippen LogP contribution in [0.15, 0.2) is 18.2 Å². The van der Waals surface area contributed by atoms with Gasteiger partial charge in [0.1, 0.15) is 0 Å². The fourth-order valence-electron chi connectivity index (χ4n) is 2.14. The number of nitrogens with zero attached hydrogens (tertiary/aromatic N) is 1. The minimum Gasteiger partial charge on any atom is -0.323 e. The third-order valence-corrected chi connectivity index (χ3v) is 2.79. The molecule has 1 atom stereocenters. The van der Waals surface area contributed by atoms with Crippen molar-refractivity contribution in [3.63, 3.8) is 0 Å². The molecule has 0 spiro atoms. The van der Waals surface area contributed by atoms with Crippen molar-refractivity contribution in [2.45, 2.75) is 33.2 Å². The summed E-state index contributed by atoms with van der Waals surface area (Å²) in [6.07, 6.45) is 1.18. The van der Waals surface area contributed by atoms with Crippen molar-refractivity contribution in [2.24, 2.45) is 5.73 Å². The summed E-state index contributed by atoms with van der Waals surface area (Å²) in [5.74, 6) is 0. The van der Waals surface area contributed by atoms with Crippen molar-refractivity contribution in [1.82, 2.24) is 4.90 Å². The monoisotopic (exact) mass is 220 g/mol. The molecule has 0 heterocycles. The van der Waals surface area contributed by atoms with E-state index >= 15 is 0 Å². The number of hydrogen-bond donors (Lipinski definition) is 1. The number of likely N-dealkylation sites (N-methyl/N-ethyl adjacent to an activating group) is 1. The highest BCUT2D eigenvalue weighted by Crippen LogP contribution is 2.15. The van der Waals surface area contributed by atoms with Crippen LogP contribution in [-0.4, -0.2) is 25.0 Å². The average Bonchev–Trinajstić information content (AvgIpc) is 2.16. The van der Waals surface area contributed by atoms with E-state index in [-0.39, 0.29) is 6.04 Å². The zero-order chi connectivity index (χ0) is 12.1. The van der Waals surface area contributed by atoms with Gasteiger partial charge in [0.25, 0.3) is 0 Å². The van der Waals surface area contributed by atoms with Crippen LogP contribution in [0.4, 0.5) is 0 Å². The lowest BCUT2D eigenvalue weighted by atomic mass is 10.0. The third-order valence-electron chi connectivity index (χ3n) is 2.79. The molecule has 0 aliphatic rings. The van der Waals surface area contributed by atoms with E-state index in [1.54, 1.807) is 0 Å². The molecule has 0 aromatic heterocycles. The molecule has 16 heavy (non-hydrogen) atoms. The number of nitrogens with two attached hydrogens (primary N) is 1. The lowest BCUT2D eigenvalue weighted by Gasteiger charge is -2.21. The van der Waals surface area contributed by atoms with Gasteiger partial charge in [-0.1, -0.05) is 36.2 Å². The second-order valence-corrected chi connectivity index (χ2v) is 4.79. The van der Waals surface area contributed by atoms with Gasteiger partial charge in [-0.05, 0) is 39.4 Å². The molecule has 0 saturated heterocycles. The van der Waals surface area contributed by atoms with Gasteiger partial charge < -0.3 is 10.6 Å². The Hall–Kier alpha value is -0.860. The second kappa shape index (κ2) is 6.02. The fourth-order valence-corrected chi connectivity index (χ4v) is 2.14. The maximum Gasteiger partial charge on any atom is 0.0424 e. The molecule has 0 aliphatic carbocycles. The summed E-state index contributed by atoms with van der Waals surface area (Å²) in [7, 11) is 2.13. The van der Waals surface area contributed by atoms with E-state index in [1.807, 2.05) is 0 Å². The second-order valence-electron chi connectivity index (χ2n) is 4.79. The Balaban J connectivity index is 2.68. The van der Waals surface area contributed by atoms with E-state index in [2.05, 4.69) is 50.9 Å². The molecule has 0 saturated carbocycles. The molecule has 1 rings (SSSR count). The number of benzene rings is 1. The Morgan fingerprint density at radius 2 is 1.75 bits per heavy atom. The van der Waals surface area contributed by atoms with E-state index in [0.717, 1.165) is 13.1 Å². The van der Waals surface area contributed by atoms with E-state index in [9.17, 15) is 0 Å². The average molecular weight is 220 g/mol. The molecule has 1 aromatic rings. The van der Waals surface area contributed by atoms with Crippen LogP contribution in [0.3, 0.4) is 0 Å². The quantitative estimate of drug-likeness (QED) is 0.826. The van der Waals surface area contributed by atoms with Crippen LogP contribution >= 0.6 is 0 Å². The Morgan fingerprint density at radius 1 is 1.19 bits per heavy atom. The van der Waals surface area contributed by atoms with Crippen molar-refractivity contribution < 1.29 is 0 Å². The zero-order valence-electron chi connectivity index (χ0n) is 11.0. The Bertz CT molecular complexity index is 313. The van der Waals surface area contributed by atoms with Crippen molar-refractivity contribution in [3.8, 4) is 0 Å². The summed E-state index contributed by atoms with van der Waals surface area (Å²) in [5.41, 5.74) is 10.1. The molecule has 0 bridgehead atoms. The largest absolute Gasteiger partial charge is 0.323 e. The first kappa shape index (κ1) is 13.2. The van der Waals surface area contributed by atoms with Crippen LogP contribution in [0.1, 0.15) is 36.1 Å². The highest BCUT2D eigenvalue weighted by atomic mass is 15.1. The number of hydrogen-bond acceptors (Lipinski definition) is 2. The topological polar surface area (TPSA) is 29.3 Å². The highest BCUT2D eigenvalue weighted by molar-refractivity contribution is 5.30. The van der Waals surface area contributed by atoms with Gasteiger partial charge in [-0.15, -0.1) is 0 Å². The van der Waals surface area contributed by atoms with Gasteiger partial charge >= 0.3 is 0 Å². The van der Waals surface area contributed by atoms with Gasteiger partial charge in [-0.2, -0.15) is 0 Å². The normalized spacial score (nSPS) is 13.1. The van der Waals surface area contributed by atoms with Crippen LogP contribution in [0, 0.1) is 13.8 Å². The first-order valence-electron chi connectivity index (χ1n) is 6.05. The van der Waals surface area contributed by atoms with Crippen molar-refractivity contribution in [2.75, 3.05) is 20.1 Å². The number of aryl methyl sites for hydroxylation is 2. The maximum atomic E-state index is 6.22.